The summed E-state index contributed by atoms with van der Waals surface area (Å²) in [6.07, 6.45) is 4.69. The molecule has 9 heteroatoms. The molecule has 3 fully saturated rings. The number of likely N-dealkylation sites (tertiary alicyclic amines) is 1. The number of aliphatic hydroxyl groups excluding tert-OH is 1. The molecule has 0 aliphatic carbocycles. The third-order valence-corrected chi connectivity index (χ3v) is 10.6. The van der Waals surface area contributed by atoms with E-state index < -0.39 is 28.7 Å². The molecule has 3 saturated heterocycles. The molecule has 40 heavy (non-hydrogen) atoms. The highest BCUT2D eigenvalue weighted by atomic mass is 35.5. The number of amides is 3. The van der Waals surface area contributed by atoms with E-state index in [2.05, 4.69) is 13.2 Å². The maximum absolute atomic E-state index is 14.7. The van der Waals surface area contributed by atoms with Crippen LogP contribution in [0.25, 0.3) is 0 Å². The highest BCUT2D eigenvalue weighted by Gasteiger charge is 2.74. The smallest absolute Gasteiger partial charge is 0.251 e. The van der Waals surface area contributed by atoms with Gasteiger partial charge in [0.1, 0.15) is 6.04 Å². The highest BCUT2D eigenvalue weighted by Crippen LogP contribution is 2.67. The fourth-order valence-electron chi connectivity index (χ4n) is 6.78. The van der Waals surface area contributed by atoms with E-state index in [0.717, 1.165) is 12.0 Å². The first-order valence-corrected chi connectivity index (χ1v) is 14.7. The number of benzene rings is 2. The van der Waals surface area contributed by atoms with Gasteiger partial charge in [-0.15, -0.1) is 24.9 Å². The van der Waals surface area contributed by atoms with Crippen molar-refractivity contribution >= 4 is 46.8 Å². The number of nitrogens with zero attached hydrogens (tertiary/aromatic N) is 3. The van der Waals surface area contributed by atoms with Gasteiger partial charge in [0.15, 0.2) is 0 Å². The summed E-state index contributed by atoms with van der Waals surface area (Å²) in [6, 6.07) is 14.7. The summed E-state index contributed by atoms with van der Waals surface area (Å²) in [7, 11) is 1.72. The van der Waals surface area contributed by atoms with E-state index in [1.807, 2.05) is 30.3 Å². The minimum atomic E-state index is -0.879. The summed E-state index contributed by atoms with van der Waals surface area (Å²) < 4.78 is -0.789. The van der Waals surface area contributed by atoms with Crippen LogP contribution in [0.15, 0.2) is 79.9 Å². The Morgan fingerprint density at radius 3 is 2.42 bits per heavy atom. The summed E-state index contributed by atoms with van der Waals surface area (Å²) in [5.74, 6) is -1.83. The molecule has 2 aromatic rings. The molecule has 3 aliphatic heterocycles. The van der Waals surface area contributed by atoms with Crippen LogP contribution in [-0.4, -0.2) is 75.4 Å². The molecule has 0 saturated carbocycles. The van der Waals surface area contributed by atoms with Gasteiger partial charge in [-0.1, -0.05) is 54.1 Å². The van der Waals surface area contributed by atoms with Crippen molar-refractivity contribution in [2.24, 2.45) is 11.8 Å². The van der Waals surface area contributed by atoms with Crippen LogP contribution in [0.3, 0.4) is 0 Å². The predicted molar refractivity (Wildman–Crippen MR) is 159 cm³/mol. The summed E-state index contributed by atoms with van der Waals surface area (Å²) in [5.41, 5.74) is 1.37. The maximum Gasteiger partial charge on any atom is 0.251 e. The van der Waals surface area contributed by atoms with Gasteiger partial charge in [-0.05, 0) is 42.7 Å². The van der Waals surface area contributed by atoms with Crippen LogP contribution in [0.2, 0.25) is 5.02 Å². The van der Waals surface area contributed by atoms with Crippen molar-refractivity contribution in [1.82, 2.24) is 9.80 Å². The SMILES string of the molecule is C=CCN(C)C(=O)[C@@H]1[C@H]2C(=O)N([C@H](CO)c3ccccc3)C(C(=O)N(CC=C)c3ccc(Cl)cc3)C23CC[C@H]1S3. The third kappa shape index (κ3) is 4.56. The largest absolute Gasteiger partial charge is 0.394 e. The van der Waals surface area contributed by atoms with E-state index in [0.29, 0.717) is 23.7 Å². The molecule has 7 nitrogen and oxygen atoms in total. The molecule has 3 amide bonds. The van der Waals surface area contributed by atoms with Crippen molar-refractivity contribution in [1.29, 1.82) is 0 Å². The molecule has 2 unspecified atom stereocenters. The van der Waals surface area contributed by atoms with Crippen molar-refractivity contribution in [3.8, 4) is 0 Å². The molecule has 0 radical (unpaired) electrons. The van der Waals surface area contributed by atoms with Crippen LogP contribution in [0, 0.1) is 11.8 Å². The Labute approximate surface area is 244 Å². The average Bonchev–Trinajstić information content (AvgIpc) is 3.60. The van der Waals surface area contributed by atoms with Crippen molar-refractivity contribution in [3.05, 3.63) is 90.5 Å². The second-order valence-corrected chi connectivity index (χ2v) is 12.7. The molecule has 1 N–H and O–H groups in total. The number of thioether (sulfide) groups is 1. The van der Waals surface area contributed by atoms with Crippen molar-refractivity contribution in [2.45, 2.75) is 34.9 Å². The standard InChI is InChI=1S/C31H34ClN3O4S/c1-4-17-33(3)28(37)25-24-15-16-31(40-24)26(25)29(38)35(23(19-36)20-9-7-6-8-10-20)27(31)30(39)34(18-5-2)22-13-11-21(32)12-14-22/h4-14,23-27,36H,1-2,15-19H2,3H3/t23-,24-,25+,26+,27?,31?/m1/s1. The first kappa shape index (κ1) is 28.5. The number of carbonyl (C=O) groups excluding carboxylic acids is 3. The van der Waals surface area contributed by atoms with Crippen molar-refractivity contribution < 1.29 is 19.5 Å². The number of aliphatic hydroxyl groups is 1. The number of carbonyl (C=O) groups is 3. The Bertz CT molecular complexity index is 1310. The molecule has 210 valence electrons. The second-order valence-electron chi connectivity index (χ2n) is 10.6. The van der Waals surface area contributed by atoms with Gasteiger partial charge in [-0.25, -0.2) is 0 Å². The lowest BCUT2D eigenvalue weighted by Gasteiger charge is -2.39. The number of fused-ring (bicyclic) bond motifs is 1. The summed E-state index contributed by atoms with van der Waals surface area (Å²) in [6.45, 7) is 7.87. The minimum Gasteiger partial charge on any atom is -0.394 e. The normalized spacial score (nSPS) is 27.3. The highest BCUT2D eigenvalue weighted by molar-refractivity contribution is 8.02. The zero-order valence-corrected chi connectivity index (χ0v) is 24.1. The van der Waals surface area contributed by atoms with Gasteiger partial charge in [-0.3, -0.25) is 14.4 Å². The number of likely N-dealkylation sites (N-methyl/N-ethyl adjacent to an activating group) is 1. The van der Waals surface area contributed by atoms with Gasteiger partial charge in [-0.2, -0.15) is 0 Å². The Kier molecular flexibility index (Phi) is 8.13. The monoisotopic (exact) mass is 579 g/mol. The van der Waals surface area contributed by atoms with Crippen LogP contribution < -0.4 is 4.90 Å². The average molecular weight is 580 g/mol. The maximum atomic E-state index is 14.7. The predicted octanol–water partition coefficient (Wildman–Crippen LogP) is 4.33. The molecule has 3 aliphatic rings. The van der Waals surface area contributed by atoms with Crippen LogP contribution >= 0.6 is 23.4 Å². The number of hydrogen-bond acceptors (Lipinski definition) is 5. The van der Waals surface area contributed by atoms with Gasteiger partial charge in [0, 0.05) is 36.1 Å². The van der Waals surface area contributed by atoms with Crippen LogP contribution in [0.4, 0.5) is 5.69 Å². The molecule has 5 rings (SSSR count). The van der Waals surface area contributed by atoms with Gasteiger partial charge >= 0.3 is 0 Å². The second kappa shape index (κ2) is 11.4. The summed E-state index contributed by atoms with van der Waals surface area (Å²) >= 11 is 7.75. The minimum absolute atomic E-state index is 0.0566. The fraction of sp³-hybridized carbons (Fsp3) is 0.387. The quantitative estimate of drug-likeness (QED) is 0.424. The Morgan fingerprint density at radius 1 is 1.12 bits per heavy atom. The molecule has 0 aromatic heterocycles. The molecular weight excluding hydrogens is 546 g/mol. The van der Waals surface area contributed by atoms with Gasteiger partial charge in [0.25, 0.3) is 5.91 Å². The number of halogens is 1. The lowest BCUT2D eigenvalue weighted by molar-refractivity contribution is -0.145. The van der Waals surface area contributed by atoms with Gasteiger partial charge < -0.3 is 19.8 Å². The van der Waals surface area contributed by atoms with Gasteiger partial charge in [0.2, 0.25) is 11.8 Å². The van der Waals surface area contributed by atoms with Crippen LogP contribution in [0.1, 0.15) is 24.4 Å². The van der Waals surface area contributed by atoms with E-state index in [1.165, 1.54) is 0 Å². The Hall–Kier alpha value is -3.07. The number of anilines is 1. The summed E-state index contributed by atoms with van der Waals surface area (Å²) in [4.78, 5) is 47.8. The van der Waals surface area contributed by atoms with Crippen molar-refractivity contribution in [2.75, 3.05) is 31.6 Å². The first-order chi connectivity index (χ1) is 19.3. The van der Waals surface area contributed by atoms with Crippen LogP contribution in [-0.2, 0) is 14.4 Å². The lowest BCUT2D eigenvalue weighted by atomic mass is 9.70. The van der Waals surface area contributed by atoms with Gasteiger partial charge in [0.05, 0.1) is 29.2 Å². The summed E-state index contributed by atoms with van der Waals surface area (Å²) in [5, 5.41) is 11.2. The third-order valence-electron chi connectivity index (χ3n) is 8.45. The van der Waals surface area contributed by atoms with Crippen LogP contribution in [0.5, 0.6) is 0 Å². The fourth-order valence-corrected chi connectivity index (χ4v) is 9.09. The van der Waals surface area contributed by atoms with E-state index >= 15 is 0 Å². The topological polar surface area (TPSA) is 81.2 Å². The molecule has 2 bridgehead atoms. The van der Waals surface area contributed by atoms with E-state index in [1.54, 1.807) is 69.9 Å². The zero-order valence-electron chi connectivity index (χ0n) is 22.5. The zero-order chi connectivity index (χ0) is 28.6. The van der Waals surface area contributed by atoms with E-state index in [4.69, 9.17) is 11.6 Å². The first-order valence-electron chi connectivity index (χ1n) is 13.5. The molecule has 6 atom stereocenters. The van der Waals surface area contributed by atoms with Crippen molar-refractivity contribution in [3.63, 3.8) is 0 Å². The Balaban J connectivity index is 1.64. The van der Waals surface area contributed by atoms with E-state index in [-0.39, 0.29) is 36.1 Å². The lowest BCUT2D eigenvalue weighted by Crippen LogP contribution is -2.56. The molecular formula is C31H34ClN3O4S. The number of rotatable bonds is 10. The molecule has 3 heterocycles. The number of hydrogen-bond donors (Lipinski definition) is 1. The molecule has 1 spiro atoms. The molecule has 2 aromatic carbocycles. The van der Waals surface area contributed by atoms with E-state index in [9.17, 15) is 19.5 Å². The Morgan fingerprint density at radius 2 is 1.80 bits per heavy atom.